The Kier molecular flexibility index (Phi) is 3.74. The molecular formula is C14H16N6OS2. The van der Waals surface area contributed by atoms with Gasteiger partial charge < -0.3 is 10.2 Å². The Morgan fingerprint density at radius 2 is 2.17 bits per heavy atom. The monoisotopic (exact) mass is 348 g/mol. The van der Waals surface area contributed by atoms with E-state index in [4.69, 9.17) is 0 Å². The van der Waals surface area contributed by atoms with Crippen molar-refractivity contribution in [2.45, 2.75) is 25.8 Å². The van der Waals surface area contributed by atoms with E-state index in [9.17, 15) is 4.79 Å². The highest BCUT2D eigenvalue weighted by atomic mass is 32.1. The van der Waals surface area contributed by atoms with Gasteiger partial charge in [-0.3, -0.25) is 4.79 Å². The minimum atomic E-state index is -0.131. The van der Waals surface area contributed by atoms with Gasteiger partial charge in [0.1, 0.15) is 0 Å². The molecular weight excluding hydrogens is 332 g/mol. The van der Waals surface area contributed by atoms with Gasteiger partial charge in [-0.15, -0.1) is 16.4 Å². The Hall–Kier alpha value is -2.00. The van der Waals surface area contributed by atoms with Crippen molar-refractivity contribution in [1.29, 1.82) is 0 Å². The first kappa shape index (κ1) is 14.6. The molecule has 23 heavy (non-hydrogen) atoms. The number of thiazole rings is 1. The molecule has 0 saturated carbocycles. The maximum atomic E-state index is 11.8. The number of nitrogens with one attached hydrogen (secondary N) is 1. The highest BCUT2D eigenvalue weighted by Gasteiger charge is 2.22. The Labute approximate surface area is 140 Å². The zero-order valence-electron chi connectivity index (χ0n) is 12.6. The summed E-state index contributed by atoms with van der Waals surface area (Å²) < 4.78 is 1.38. The van der Waals surface area contributed by atoms with Gasteiger partial charge >= 0.3 is 0 Å². The van der Waals surface area contributed by atoms with Crippen LogP contribution in [0.1, 0.15) is 18.5 Å². The maximum absolute atomic E-state index is 11.8. The molecule has 4 rings (SSSR count). The first-order valence-corrected chi connectivity index (χ1v) is 9.17. The molecule has 0 amide bonds. The molecule has 1 saturated heterocycles. The van der Waals surface area contributed by atoms with Crippen molar-refractivity contribution in [3.63, 3.8) is 0 Å². The third-order valence-electron chi connectivity index (χ3n) is 3.87. The van der Waals surface area contributed by atoms with E-state index in [1.165, 1.54) is 28.1 Å². The molecule has 0 radical (unpaired) electrons. The number of anilines is 2. The van der Waals surface area contributed by atoms with Gasteiger partial charge in [-0.2, -0.15) is 4.52 Å². The molecule has 0 aliphatic carbocycles. The summed E-state index contributed by atoms with van der Waals surface area (Å²) >= 11 is 3.11. The molecule has 1 fully saturated rings. The predicted octanol–water partition coefficient (Wildman–Crippen LogP) is 2.00. The molecule has 1 aliphatic rings. The number of aryl methyl sites for hydroxylation is 1. The third kappa shape index (κ3) is 2.93. The fourth-order valence-electron chi connectivity index (χ4n) is 2.67. The van der Waals surface area contributed by atoms with E-state index in [1.54, 1.807) is 11.3 Å². The summed E-state index contributed by atoms with van der Waals surface area (Å²) in [5.41, 5.74) is 0.926. The Balaban J connectivity index is 1.44. The van der Waals surface area contributed by atoms with Crippen LogP contribution in [0.4, 0.5) is 10.3 Å². The Morgan fingerprint density at radius 3 is 2.87 bits per heavy atom. The second kappa shape index (κ2) is 5.89. The largest absolute Gasteiger partial charge is 0.359 e. The first-order valence-electron chi connectivity index (χ1n) is 7.47. The van der Waals surface area contributed by atoms with Crippen molar-refractivity contribution in [3.05, 3.63) is 33.7 Å². The summed E-state index contributed by atoms with van der Waals surface area (Å²) in [7, 11) is 0. The number of rotatable bonds is 3. The van der Waals surface area contributed by atoms with E-state index in [2.05, 4.69) is 30.7 Å². The van der Waals surface area contributed by atoms with Gasteiger partial charge in [0.15, 0.2) is 5.13 Å². The lowest BCUT2D eigenvalue weighted by atomic mass is 10.1. The first-order chi connectivity index (χ1) is 11.2. The standard InChI is InChI=1S/C14H16N6OS2/c1-9-8-22-12(16-9)17-10-3-6-19(7-4-10)14-18-20-11(21)2-5-15-13(20)23-14/h2,5,8,10H,3-4,6-7H2,1H3,(H,16,17). The molecule has 0 unspecified atom stereocenters. The van der Waals surface area contributed by atoms with Crippen molar-refractivity contribution < 1.29 is 0 Å². The van der Waals surface area contributed by atoms with Crippen LogP contribution in [0.25, 0.3) is 4.96 Å². The van der Waals surface area contributed by atoms with Crippen molar-refractivity contribution >= 4 is 37.9 Å². The Morgan fingerprint density at radius 1 is 1.35 bits per heavy atom. The molecule has 0 atom stereocenters. The second-order valence-electron chi connectivity index (χ2n) is 5.56. The highest BCUT2D eigenvalue weighted by Crippen LogP contribution is 2.26. The summed E-state index contributed by atoms with van der Waals surface area (Å²) in [4.78, 5) is 23.3. The fourth-order valence-corrected chi connectivity index (χ4v) is 4.37. The second-order valence-corrected chi connectivity index (χ2v) is 7.35. The molecule has 9 heteroatoms. The smallest absolute Gasteiger partial charge is 0.275 e. The van der Waals surface area contributed by atoms with Gasteiger partial charge in [0.2, 0.25) is 10.1 Å². The molecule has 0 bridgehead atoms. The van der Waals surface area contributed by atoms with Gasteiger partial charge in [-0.05, 0) is 19.8 Å². The maximum Gasteiger partial charge on any atom is 0.275 e. The quantitative estimate of drug-likeness (QED) is 0.780. The highest BCUT2D eigenvalue weighted by molar-refractivity contribution is 7.20. The van der Waals surface area contributed by atoms with E-state index < -0.39 is 0 Å². The number of fused-ring (bicyclic) bond motifs is 1. The van der Waals surface area contributed by atoms with Crippen LogP contribution in [0.5, 0.6) is 0 Å². The van der Waals surface area contributed by atoms with Crippen LogP contribution >= 0.6 is 22.7 Å². The van der Waals surface area contributed by atoms with Crippen molar-refractivity contribution in [2.24, 2.45) is 0 Å². The predicted molar refractivity (Wildman–Crippen MR) is 92.8 cm³/mol. The normalized spacial score (nSPS) is 16.1. The summed E-state index contributed by atoms with van der Waals surface area (Å²) in [5.74, 6) is 0. The molecule has 0 aromatic carbocycles. The molecule has 1 N–H and O–H groups in total. The number of aromatic nitrogens is 4. The molecule has 120 valence electrons. The number of hydrogen-bond donors (Lipinski definition) is 1. The van der Waals surface area contributed by atoms with Gasteiger partial charge in [-0.1, -0.05) is 11.3 Å². The van der Waals surface area contributed by atoms with Crippen molar-refractivity contribution in [3.8, 4) is 0 Å². The lowest BCUT2D eigenvalue weighted by molar-refractivity contribution is 0.524. The van der Waals surface area contributed by atoms with Crippen LogP contribution in [-0.2, 0) is 0 Å². The molecule has 1 aliphatic heterocycles. The van der Waals surface area contributed by atoms with Crippen LogP contribution < -0.4 is 15.8 Å². The lowest BCUT2D eigenvalue weighted by Crippen LogP contribution is -2.39. The van der Waals surface area contributed by atoms with Crippen LogP contribution in [0.2, 0.25) is 0 Å². The van der Waals surface area contributed by atoms with E-state index >= 15 is 0 Å². The van der Waals surface area contributed by atoms with Gasteiger partial charge in [0.05, 0.1) is 5.69 Å². The minimum Gasteiger partial charge on any atom is -0.359 e. The topological polar surface area (TPSA) is 75.4 Å². The third-order valence-corrected chi connectivity index (χ3v) is 5.75. The lowest BCUT2D eigenvalue weighted by Gasteiger charge is -2.31. The summed E-state index contributed by atoms with van der Waals surface area (Å²) in [6, 6.07) is 1.87. The van der Waals surface area contributed by atoms with Crippen molar-refractivity contribution in [1.82, 2.24) is 19.6 Å². The Bertz CT molecular complexity index is 877. The fraction of sp³-hybridized carbons (Fsp3) is 0.429. The van der Waals surface area contributed by atoms with Crippen LogP contribution in [0, 0.1) is 6.92 Å². The van der Waals surface area contributed by atoms with E-state index in [1.807, 2.05) is 6.92 Å². The molecule has 4 heterocycles. The molecule has 0 spiro atoms. The number of nitrogens with zero attached hydrogens (tertiary/aromatic N) is 5. The summed E-state index contributed by atoms with van der Waals surface area (Å²) in [6.07, 6.45) is 3.58. The van der Waals surface area contributed by atoms with E-state index in [0.717, 1.165) is 41.9 Å². The zero-order chi connectivity index (χ0) is 15.8. The van der Waals surface area contributed by atoms with E-state index in [-0.39, 0.29) is 5.56 Å². The van der Waals surface area contributed by atoms with Crippen LogP contribution in [0.3, 0.4) is 0 Å². The summed E-state index contributed by atoms with van der Waals surface area (Å²) in [6.45, 7) is 3.83. The summed E-state index contributed by atoms with van der Waals surface area (Å²) in [5, 5.41) is 11.8. The molecule has 7 nitrogen and oxygen atoms in total. The zero-order valence-corrected chi connectivity index (χ0v) is 14.2. The number of hydrogen-bond acceptors (Lipinski definition) is 8. The SMILES string of the molecule is Cc1csc(NC2CCN(c3nn4c(=O)ccnc4s3)CC2)n1. The molecule has 3 aromatic heterocycles. The van der Waals surface area contributed by atoms with Crippen molar-refractivity contribution in [2.75, 3.05) is 23.3 Å². The minimum absolute atomic E-state index is 0.131. The van der Waals surface area contributed by atoms with Gasteiger partial charge in [0.25, 0.3) is 5.56 Å². The van der Waals surface area contributed by atoms with Gasteiger partial charge in [-0.25, -0.2) is 9.97 Å². The average molecular weight is 348 g/mol. The van der Waals surface area contributed by atoms with Crippen LogP contribution in [0.15, 0.2) is 22.4 Å². The molecule has 3 aromatic rings. The number of piperidine rings is 1. The van der Waals surface area contributed by atoms with Crippen LogP contribution in [-0.4, -0.2) is 38.7 Å². The average Bonchev–Trinajstić information content (AvgIpc) is 3.15. The van der Waals surface area contributed by atoms with Gasteiger partial charge in [0, 0.05) is 36.8 Å². The van der Waals surface area contributed by atoms with E-state index in [0.29, 0.717) is 11.0 Å².